The molecule has 18 heavy (non-hydrogen) atoms. The Labute approximate surface area is 109 Å². The number of hydrogen-bond donors (Lipinski definition) is 2. The van der Waals surface area contributed by atoms with Gasteiger partial charge in [-0.25, -0.2) is 0 Å². The zero-order valence-electron chi connectivity index (χ0n) is 11.3. The molecule has 0 spiro atoms. The number of carbonyl (C=O) groups excluding carboxylic acids is 1. The lowest BCUT2D eigenvalue weighted by Gasteiger charge is -2.21. The van der Waals surface area contributed by atoms with Crippen LogP contribution in [0.5, 0.6) is 0 Å². The second kappa shape index (κ2) is 5.89. The minimum Gasteiger partial charge on any atom is -0.385 e. The summed E-state index contributed by atoms with van der Waals surface area (Å²) in [5, 5.41) is 6.44. The molecule has 1 amide bonds. The van der Waals surface area contributed by atoms with Crippen LogP contribution in [0.3, 0.4) is 0 Å². The highest BCUT2D eigenvalue weighted by atomic mass is 16.1. The second-order valence-corrected chi connectivity index (χ2v) is 5.03. The highest BCUT2D eigenvalue weighted by Crippen LogP contribution is 2.25. The fourth-order valence-corrected chi connectivity index (χ4v) is 2.53. The normalized spacial score (nSPS) is 15.4. The van der Waals surface area contributed by atoms with Crippen LogP contribution in [0.2, 0.25) is 0 Å². The van der Waals surface area contributed by atoms with Crippen molar-refractivity contribution in [3.63, 3.8) is 0 Å². The molecule has 1 aromatic carbocycles. The van der Waals surface area contributed by atoms with E-state index in [0.29, 0.717) is 0 Å². The number of amides is 1. The number of fused-ring (bicyclic) bond motifs is 1. The Balaban J connectivity index is 2.15. The Hall–Kier alpha value is -1.51. The molecule has 3 nitrogen and oxygen atoms in total. The zero-order chi connectivity index (χ0) is 13.0. The summed E-state index contributed by atoms with van der Waals surface area (Å²) in [6.07, 6.45) is 4.21. The molecule has 0 saturated heterocycles. The van der Waals surface area contributed by atoms with E-state index in [0.717, 1.165) is 43.5 Å². The van der Waals surface area contributed by atoms with Gasteiger partial charge in [0.25, 0.3) is 5.91 Å². The third-order valence-electron chi connectivity index (χ3n) is 3.44. The van der Waals surface area contributed by atoms with Gasteiger partial charge < -0.3 is 10.6 Å². The fraction of sp³-hybridized carbons (Fsp3) is 0.533. The Morgan fingerprint density at radius 1 is 1.50 bits per heavy atom. The molecule has 3 heteroatoms. The van der Waals surface area contributed by atoms with Crippen molar-refractivity contribution in [2.24, 2.45) is 0 Å². The lowest BCUT2D eigenvalue weighted by Crippen LogP contribution is -2.33. The summed E-state index contributed by atoms with van der Waals surface area (Å²) in [6, 6.07) is 6.19. The van der Waals surface area contributed by atoms with E-state index in [2.05, 4.69) is 30.5 Å². The van der Waals surface area contributed by atoms with Gasteiger partial charge in [-0.1, -0.05) is 19.4 Å². The highest BCUT2D eigenvalue weighted by Gasteiger charge is 2.18. The average molecular weight is 246 g/mol. The van der Waals surface area contributed by atoms with Gasteiger partial charge in [0.1, 0.15) is 0 Å². The first-order chi connectivity index (χ1) is 8.72. The Bertz CT molecular complexity index is 429. The van der Waals surface area contributed by atoms with Gasteiger partial charge in [0.15, 0.2) is 0 Å². The molecule has 0 aliphatic carbocycles. The molecular formula is C15H22N2O. The van der Waals surface area contributed by atoms with Gasteiger partial charge in [0.2, 0.25) is 0 Å². The summed E-state index contributed by atoms with van der Waals surface area (Å²) in [6.45, 7) is 5.20. The summed E-state index contributed by atoms with van der Waals surface area (Å²) in [7, 11) is 0. The molecule has 1 unspecified atom stereocenters. The lowest BCUT2D eigenvalue weighted by atomic mass is 9.97. The van der Waals surface area contributed by atoms with E-state index < -0.39 is 0 Å². The molecule has 98 valence electrons. The van der Waals surface area contributed by atoms with E-state index in [1.54, 1.807) is 0 Å². The molecule has 0 saturated carbocycles. The molecule has 1 aliphatic heterocycles. The smallest absolute Gasteiger partial charge is 0.251 e. The van der Waals surface area contributed by atoms with Crippen molar-refractivity contribution in [1.82, 2.24) is 5.32 Å². The Kier molecular flexibility index (Phi) is 4.24. The van der Waals surface area contributed by atoms with Crippen molar-refractivity contribution in [1.29, 1.82) is 0 Å². The maximum atomic E-state index is 12.3. The standard InChI is InChI=1S/C15H22N2O/c1-3-6-11(2)17-15(18)13-7-4-9-14-12(13)8-5-10-16-14/h4,7,9,11,16H,3,5-6,8,10H2,1-2H3,(H,17,18). The molecular weight excluding hydrogens is 224 g/mol. The van der Waals surface area contributed by atoms with E-state index in [4.69, 9.17) is 0 Å². The summed E-state index contributed by atoms with van der Waals surface area (Å²) in [5.41, 5.74) is 3.13. The quantitative estimate of drug-likeness (QED) is 0.857. The molecule has 1 heterocycles. The monoisotopic (exact) mass is 246 g/mol. The number of nitrogens with one attached hydrogen (secondary N) is 2. The van der Waals surface area contributed by atoms with Crippen molar-refractivity contribution in [2.45, 2.75) is 45.6 Å². The molecule has 1 aromatic rings. The van der Waals surface area contributed by atoms with E-state index in [9.17, 15) is 4.79 Å². The molecule has 1 aliphatic rings. The Morgan fingerprint density at radius 2 is 2.33 bits per heavy atom. The SMILES string of the molecule is CCCC(C)NC(=O)c1cccc2c1CCCN2. The summed E-state index contributed by atoms with van der Waals surface area (Å²) in [4.78, 5) is 12.3. The van der Waals surface area contributed by atoms with Gasteiger partial charge in [-0.3, -0.25) is 4.79 Å². The van der Waals surface area contributed by atoms with Crippen LogP contribution in [0.1, 0.15) is 49.0 Å². The fourth-order valence-electron chi connectivity index (χ4n) is 2.53. The van der Waals surface area contributed by atoms with Crippen molar-refractivity contribution in [2.75, 3.05) is 11.9 Å². The van der Waals surface area contributed by atoms with Crippen LogP contribution in [0, 0.1) is 0 Å². The van der Waals surface area contributed by atoms with Crippen molar-refractivity contribution in [3.05, 3.63) is 29.3 Å². The van der Waals surface area contributed by atoms with Crippen LogP contribution < -0.4 is 10.6 Å². The first kappa shape index (κ1) is 12.9. The highest BCUT2D eigenvalue weighted by molar-refractivity contribution is 5.97. The van der Waals surface area contributed by atoms with Gasteiger partial charge in [-0.05, 0) is 43.9 Å². The molecule has 2 N–H and O–H groups in total. The lowest BCUT2D eigenvalue weighted by molar-refractivity contribution is 0.0937. The van der Waals surface area contributed by atoms with E-state index >= 15 is 0 Å². The summed E-state index contributed by atoms with van der Waals surface area (Å²) >= 11 is 0. The van der Waals surface area contributed by atoms with Crippen molar-refractivity contribution in [3.8, 4) is 0 Å². The largest absolute Gasteiger partial charge is 0.385 e. The molecule has 0 aromatic heterocycles. The van der Waals surface area contributed by atoms with Crippen LogP contribution in [0.25, 0.3) is 0 Å². The predicted molar refractivity (Wildman–Crippen MR) is 75.1 cm³/mol. The van der Waals surface area contributed by atoms with Gasteiger partial charge in [0, 0.05) is 23.8 Å². The summed E-state index contributed by atoms with van der Waals surface area (Å²) < 4.78 is 0. The van der Waals surface area contributed by atoms with Gasteiger partial charge in [0.05, 0.1) is 0 Å². The summed E-state index contributed by atoms with van der Waals surface area (Å²) in [5.74, 6) is 0.0662. The van der Waals surface area contributed by atoms with Crippen LogP contribution in [0.15, 0.2) is 18.2 Å². The minimum absolute atomic E-state index is 0.0662. The first-order valence-electron chi connectivity index (χ1n) is 6.89. The van der Waals surface area contributed by atoms with Crippen LogP contribution in [-0.4, -0.2) is 18.5 Å². The minimum atomic E-state index is 0.0662. The maximum absolute atomic E-state index is 12.3. The van der Waals surface area contributed by atoms with Crippen LogP contribution in [-0.2, 0) is 6.42 Å². The molecule has 1 atom stereocenters. The molecule has 0 fully saturated rings. The number of rotatable bonds is 4. The molecule has 0 radical (unpaired) electrons. The van der Waals surface area contributed by atoms with Gasteiger partial charge >= 0.3 is 0 Å². The van der Waals surface area contributed by atoms with Gasteiger partial charge in [-0.2, -0.15) is 0 Å². The Morgan fingerprint density at radius 3 is 3.11 bits per heavy atom. The van der Waals surface area contributed by atoms with Crippen LogP contribution in [0.4, 0.5) is 5.69 Å². The number of anilines is 1. The first-order valence-corrected chi connectivity index (χ1v) is 6.89. The van der Waals surface area contributed by atoms with E-state index in [1.165, 1.54) is 5.56 Å². The number of benzene rings is 1. The van der Waals surface area contributed by atoms with Crippen molar-refractivity contribution >= 4 is 11.6 Å². The van der Waals surface area contributed by atoms with E-state index in [1.807, 2.05) is 12.1 Å². The number of carbonyl (C=O) groups is 1. The number of hydrogen-bond acceptors (Lipinski definition) is 2. The second-order valence-electron chi connectivity index (χ2n) is 5.03. The zero-order valence-corrected chi connectivity index (χ0v) is 11.3. The van der Waals surface area contributed by atoms with E-state index in [-0.39, 0.29) is 11.9 Å². The topological polar surface area (TPSA) is 41.1 Å². The maximum Gasteiger partial charge on any atom is 0.251 e. The molecule has 0 bridgehead atoms. The average Bonchev–Trinajstić information content (AvgIpc) is 2.38. The molecule has 2 rings (SSSR count). The van der Waals surface area contributed by atoms with Crippen LogP contribution >= 0.6 is 0 Å². The van der Waals surface area contributed by atoms with Gasteiger partial charge in [-0.15, -0.1) is 0 Å². The van der Waals surface area contributed by atoms with Crippen molar-refractivity contribution < 1.29 is 4.79 Å². The third kappa shape index (κ3) is 2.84. The predicted octanol–water partition coefficient (Wildman–Crippen LogP) is 2.96. The third-order valence-corrected chi connectivity index (χ3v) is 3.44.